The average molecular weight is 888 g/mol. The summed E-state index contributed by atoms with van der Waals surface area (Å²) >= 11 is 0. The van der Waals surface area contributed by atoms with E-state index in [1.807, 2.05) is 69.9 Å². The van der Waals surface area contributed by atoms with Crippen molar-refractivity contribution in [2.75, 3.05) is 20.8 Å². The third kappa shape index (κ3) is 7.66. The number of aromatic amines is 2. The van der Waals surface area contributed by atoms with E-state index in [4.69, 9.17) is 19.4 Å². The molecular formula is C49H55F2N9O5. The molecule has 2 aromatic heterocycles. The molecule has 3 fully saturated rings. The Labute approximate surface area is 376 Å². The molecule has 2 aliphatic heterocycles. The number of nitrogens with one attached hydrogen (secondary N) is 4. The number of halogens is 2. The molecule has 16 heteroatoms. The summed E-state index contributed by atoms with van der Waals surface area (Å²) in [5, 5.41) is 15.6. The van der Waals surface area contributed by atoms with E-state index in [-0.39, 0.29) is 70.9 Å². The van der Waals surface area contributed by atoms with Crippen LogP contribution in [0.2, 0.25) is 0 Å². The Hall–Kier alpha value is -6.34. The molecule has 2 bridgehead atoms. The fourth-order valence-corrected chi connectivity index (χ4v) is 11.0. The number of likely N-dealkylation sites (tertiary alicyclic amines) is 2. The van der Waals surface area contributed by atoms with Crippen LogP contribution in [-0.4, -0.2) is 92.8 Å². The summed E-state index contributed by atoms with van der Waals surface area (Å²) in [4.78, 5) is 59.1. The molecule has 9 rings (SSSR count). The molecule has 1 saturated carbocycles. The quantitative estimate of drug-likeness (QED) is 0.101. The molecule has 14 nitrogen and oxygen atoms in total. The Balaban J connectivity index is 0.959. The number of hydrogen-bond donors (Lipinski definition) is 4. The Bertz CT molecular complexity index is 2710. The van der Waals surface area contributed by atoms with Gasteiger partial charge in [-0.1, -0.05) is 58.0 Å². The van der Waals surface area contributed by atoms with Gasteiger partial charge >= 0.3 is 12.2 Å². The minimum absolute atomic E-state index is 0.0458. The van der Waals surface area contributed by atoms with E-state index in [0.29, 0.717) is 58.1 Å². The largest absolute Gasteiger partial charge is 0.453 e. The van der Waals surface area contributed by atoms with Crippen molar-refractivity contribution in [1.82, 2.24) is 40.4 Å². The van der Waals surface area contributed by atoms with Crippen LogP contribution in [0.5, 0.6) is 0 Å². The monoisotopic (exact) mass is 887 g/mol. The zero-order valence-electron chi connectivity index (χ0n) is 37.6. The van der Waals surface area contributed by atoms with E-state index in [2.05, 4.69) is 31.6 Å². The Kier molecular flexibility index (Phi) is 11.4. The third-order valence-corrected chi connectivity index (χ3v) is 14.3. The van der Waals surface area contributed by atoms with E-state index < -0.39 is 24.2 Å². The lowest BCUT2D eigenvalue weighted by Crippen LogP contribution is -2.54. The standard InChI is InChI=1S/C49H55F2N9O5/c1-24(2)41(57-47(62)64-6)26(5)59-23-27(21-52)16-40(59)44-53-22-39(56-44)30-10-14-34-33-13-9-28(18-35(33)49(50,51)36(34)19-30)29-11-15-37-38(20-29)55-45(54-37)43-31-8-12-32(17-31)60(43)46(61)42(25(3)4)58-48(63)65-7/h9-11,13-15,18-20,22,24-27,31-32,40-43H,8,12,16-17,23H2,1-7H3,(H,53,56)(H,54,55)(H,57,62)(H,58,63)/t26?,27-,31+,32-,40+,41-,42+,43+/m1/s1. The van der Waals surface area contributed by atoms with Crippen LogP contribution in [0.25, 0.3) is 44.5 Å². The van der Waals surface area contributed by atoms with Gasteiger partial charge in [-0.25, -0.2) is 19.6 Å². The maximum atomic E-state index is 16.7. The Morgan fingerprint density at radius 2 is 1.51 bits per heavy atom. The minimum atomic E-state index is -3.28. The predicted octanol–water partition coefficient (Wildman–Crippen LogP) is 8.83. The van der Waals surface area contributed by atoms with Gasteiger partial charge in [-0.2, -0.15) is 14.0 Å². The van der Waals surface area contributed by atoms with E-state index in [0.717, 1.165) is 30.3 Å². The number of alkyl halides is 2. The van der Waals surface area contributed by atoms with Gasteiger partial charge in [0.25, 0.3) is 5.92 Å². The van der Waals surface area contributed by atoms with Crippen LogP contribution in [0, 0.1) is 35.0 Å². The van der Waals surface area contributed by atoms with Gasteiger partial charge in [-0.15, -0.1) is 0 Å². The molecule has 8 atom stereocenters. The second-order valence-corrected chi connectivity index (χ2v) is 18.8. The maximum absolute atomic E-state index is 16.7. The summed E-state index contributed by atoms with van der Waals surface area (Å²) in [6, 6.07) is 16.7. The summed E-state index contributed by atoms with van der Waals surface area (Å²) in [5.41, 5.74) is 4.72. The fourth-order valence-electron chi connectivity index (χ4n) is 11.0. The van der Waals surface area contributed by atoms with Gasteiger partial charge < -0.3 is 35.0 Å². The molecular weight excluding hydrogens is 833 g/mol. The predicted molar refractivity (Wildman–Crippen MR) is 239 cm³/mol. The summed E-state index contributed by atoms with van der Waals surface area (Å²) in [5.74, 6) is -2.26. The molecule has 65 heavy (non-hydrogen) atoms. The van der Waals surface area contributed by atoms with Gasteiger partial charge in [-0.05, 0) is 96.9 Å². The van der Waals surface area contributed by atoms with Crippen molar-refractivity contribution in [3.63, 3.8) is 0 Å². The third-order valence-electron chi connectivity index (χ3n) is 14.3. The Morgan fingerprint density at radius 1 is 0.846 bits per heavy atom. The molecule has 4 heterocycles. The van der Waals surface area contributed by atoms with Crippen LogP contribution in [0.1, 0.15) is 95.2 Å². The highest BCUT2D eigenvalue weighted by Gasteiger charge is 2.52. The van der Waals surface area contributed by atoms with Crippen molar-refractivity contribution in [3.8, 4) is 39.6 Å². The van der Waals surface area contributed by atoms with Crippen LogP contribution in [0.3, 0.4) is 0 Å². The molecule has 5 aromatic rings. The SMILES string of the molecule is COC(=O)N[C@H](C(C)C)C(C)N1C[C@@H](C#N)C[C@H]1c1ncc(-c2ccc3c(c2)C(F)(F)c2cc(-c4ccc5nc([C@@H]6[C@H]7CC[C@H](C7)N6C(=O)[C@@H](NC(=O)OC)C(C)C)[nH]c5c4)ccc2-3)[nH]1. The number of amides is 3. The maximum Gasteiger partial charge on any atom is 0.407 e. The van der Waals surface area contributed by atoms with E-state index in [9.17, 15) is 19.6 Å². The van der Waals surface area contributed by atoms with E-state index in [1.54, 1.807) is 24.4 Å². The minimum Gasteiger partial charge on any atom is -0.453 e. The van der Waals surface area contributed by atoms with Crippen LogP contribution in [0.4, 0.5) is 18.4 Å². The van der Waals surface area contributed by atoms with Gasteiger partial charge in [0.2, 0.25) is 5.91 Å². The van der Waals surface area contributed by atoms with Crippen LogP contribution in [0.15, 0.2) is 60.8 Å². The number of ether oxygens (including phenoxy) is 2. The first-order chi connectivity index (χ1) is 31.1. The van der Waals surface area contributed by atoms with E-state index >= 15 is 8.78 Å². The highest BCUT2D eigenvalue weighted by molar-refractivity contribution is 5.88. The summed E-state index contributed by atoms with van der Waals surface area (Å²) in [6.07, 6.45) is 3.72. The molecule has 0 spiro atoms. The Morgan fingerprint density at radius 3 is 2.18 bits per heavy atom. The van der Waals surface area contributed by atoms with Crippen molar-refractivity contribution in [3.05, 3.63) is 83.6 Å². The number of fused-ring (bicyclic) bond motifs is 6. The number of methoxy groups -OCH3 is 2. The fraction of sp³-hybridized carbons (Fsp3) is 0.469. The molecule has 4 aliphatic rings. The summed E-state index contributed by atoms with van der Waals surface area (Å²) in [7, 11) is 2.61. The smallest absolute Gasteiger partial charge is 0.407 e. The molecule has 4 N–H and O–H groups in total. The number of piperidine rings is 1. The van der Waals surface area contributed by atoms with Crippen LogP contribution in [-0.2, 0) is 20.2 Å². The molecule has 340 valence electrons. The summed E-state index contributed by atoms with van der Waals surface area (Å²) in [6.45, 7) is 10.3. The first kappa shape index (κ1) is 43.9. The zero-order chi connectivity index (χ0) is 46.1. The molecule has 0 radical (unpaired) electrons. The van der Waals surface area contributed by atoms with Gasteiger partial charge in [0.05, 0.1) is 61.2 Å². The number of aromatic nitrogens is 4. The molecule has 3 aromatic carbocycles. The van der Waals surface area contributed by atoms with Gasteiger partial charge in [0.15, 0.2) is 0 Å². The highest BCUT2D eigenvalue weighted by atomic mass is 19.3. The molecule has 2 aliphatic carbocycles. The first-order valence-electron chi connectivity index (χ1n) is 22.5. The number of hydrogen-bond acceptors (Lipinski definition) is 9. The van der Waals surface area contributed by atoms with Crippen LogP contribution >= 0.6 is 0 Å². The summed E-state index contributed by atoms with van der Waals surface area (Å²) < 4.78 is 43.1. The van der Waals surface area contributed by atoms with Crippen LogP contribution < -0.4 is 10.6 Å². The average Bonchev–Trinajstić information content (AvgIpc) is 4.17. The van der Waals surface area contributed by atoms with Crippen molar-refractivity contribution in [2.45, 2.75) is 102 Å². The first-order valence-corrected chi connectivity index (χ1v) is 22.5. The molecule has 3 amide bonds. The van der Waals surface area contributed by atoms with Crippen molar-refractivity contribution in [2.24, 2.45) is 23.7 Å². The lowest BCUT2D eigenvalue weighted by Gasteiger charge is -2.37. The number of rotatable bonds is 11. The van der Waals surface area contributed by atoms with E-state index in [1.165, 1.54) is 20.3 Å². The number of carbonyl (C=O) groups is 3. The normalized spacial score (nSPS) is 23.3. The van der Waals surface area contributed by atoms with Gasteiger partial charge in [-0.3, -0.25) is 9.69 Å². The van der Waals surface area contributed by atoms with Gasteiger partial charge in [0, 0.05) is 41.4 Å². The second-order valence-electron chi connectivity index (χ2n) is 18.8. The number of benzene rings is 3. The number of alkyl carbamates (subject to hydrolysis) is 2. The highest BCUT2D eigenvalue weighted by Crippen LogP contribution is 2.53. The van der Waals surface area contributed by atoms with Crippen molar-refractivity contribution >= 4 is 29.1 Å². The molecule has 2 saturated heterocycles. The number of imidazole rings is 2. The number of nitriles is 1. The second kappa shape index (κ2) is 16.9. The van der Waals surface area contributed by atoms with Crippen molar-refractivity contribution < 1.29 is 32.6 Å². The lowest BCUT2D eigenvalue weighted by molar-refractivity contribution is -0.139. The number of H-pyrrole nitrogens is 2. The lowest BCUT2D eigenvalue weighted by atomic mass is 9.95. The van der Waals surface area contributed by atoms with Gasteiger partial charge in [0.1, 0.15) is 17.7 Å². The number of carbonyl (C=O) groups excluding carboxylic acids is 3. The topological polar surface area (TPSA) is 181 Å². The molecule has 1 unspecified atom stereocenters. The van der Waals surface area contributed by atoms with Crippen molar-refractivity contribution in [1.29, 1.82) is 5.26 Å². The zero-order valence-corrected chi connectivity index (χ0v) is 37.6. The number of nitrogens with zero attached hydrogens (tertiary/aromatic N) is 5.